The smallest absolute Gasteiger partial charge is 0.0695 e. The number of rotatable bonds is 3. The van der Waals surface area contributed by atoms with Crippen molar-refractivity contribution in [3.8, 4) is 0 Å². The highest BCUT2D eigenvalue weighted by Crippen LogP contribution is 2.32. The zero-order valence-corrected chi connectivity index (χ0v) is 10.4. The molecule has 1 saturated heterocycles. The summed E-state index contributed by atoms with van der Waals surface area (Å²) in [6.45, 7) is 4.17. The van der Waals surface area contributed by atoms with Gasteiger partial charge in [0.25, 0.3) is 0 Å². The van der Waals surface area contributed by atoms with Crippen molar-refractivity contribution in [2.75, 3.05) is 13.1 Å². The molecule has 16 heavy (non-hydrogen) atoms. The third-order valence-electron chi connectivity index (χ3n) is 4.59. The Labute approximate surface area is 99.0 Å². The minimum Gasteiger partial charge on any atom is -0.391 e. The number of nitrogens with zero attached hydrogens (tertiary/aromatic N) is 1. The molecule has 3 N–H and O–H groups in total. The molecule has 1 aliphatic heterocycles. The molecule has 94 valence electrons. The number of piperidine rings is 1. The van der Waals surface area contributed by atoms with Crippen molar-refractivity contribution in [3.05, 3.63) is 0 Å². The van der Waals surface area contributed by atoms with Gasteiger partial charge in [-0.2, -0.15) is 0 Å². The van der Waals surface area contributed by atoms with Crippen molar-refractivity contribution in [2.24, 2.45) is 11.7 Å². The largest absolute Gasteiger partial charge is 0.391 e. The van der Waals surface area contributed by atoms with Gasteiger partial charge in [-0.15, -0.1) is 0 Å². The molecule has 0 aromatic heterocycles. The highest BCUT2D eigenvalue weighted by molar-refractivity contribution is 4.92. The predicted octanol–water partition coefficient (Wildman–Crippen LogP) is 1.35. The van der Waals surface area contributed by atoms with Crippen molar-refractivity contribution in [1.82, 2.24) is 4.90 Å². The monoisotopic (exact) mass is 226 g/mol. The van der Waals surface area contributed by atoms with E-state index in [1.165, 1.54) is 25.7 Å². The summed E-state index contributed by atoms with van der Waals surface area (Å²) in [4.78, 5) is 2.50. The summed E-state index contributed by atoms with van der Waals surface area (Å²) < 4.78 is 0. The summed E-state index contributed by atoms with van der Waals surface area (Å²) >= 11 is 0. The highest BCUT2D eigenvalue weighted by atomic mass is 16.3. The van der Waals surface area contributed by atoms with Gasteiger partial charge in [0.05, 0.1) is 6.10 Å². The van der Waals surface area contributed by atoms with Gasteiger partial charge >= 0.3 is 0 Å². The Morgan fingerprint density at radius 3 is 2.69 bits per heavy atom. The first-order valence-electron chi connectivity index (χ1n) is 6.90. The van der Waals surface area contributed by atoms with E-state index in [-0.39, 0.29) is 6.10 Å². The van der Waals surface area contributed by atoms with E-state index in [4.69, 9.17) is 5.73 Å². The van der Waals surface area contributed by atoms with Gasteiger partial charge < -0.3 is 10.8 Å². The van der Waals surface area contributed by atoms with Crippen LogP contribution in [0.2, 0.25) is 0 Å². The van der Waals surface area contributed by atoms with Gasteiger partial charge in [0.15, 0.2) is 0 Å². The lowest BCUT2D eigenvalue weighted by atomic mass is 9.87. The summed E-state index contributed by atoms with van der Waals surface area (Å²) in [5.41, 5.74) is 5.90. The second-order valence-electron chi connectivity index (χ2n) is 5.49. The van der Waals surface area contributed by atoms with E-state index in [1.54, 1.807) is 0 Å². The van der Waals surface area contributed by atoms with Crippen LogP contribution in [-0.2, 0) is 0 Å². The van der Waals surface area contributed by atoms with Crippen LogP contribution < -0.4 is 5.73 Å². The third-order valence-corrected chi connectivity index (χ3v) is 4.59. The second kappa shape index (κ2) is 5.48. The Hall–Kier alpha value is -0.120. The minimum atomic E-state index is -0.104. The molecule has 2 aliphatic rings. The highest BCUT2D eigenvalue weighted by Gasteiger charge is 2.37. The molecule has 1 saturated carbocycles. The van der Waals surface area contributed by atoms with E-state index >= 15 is 0 Å². The molecule has 0 radical (unpaired) electrons. The fraction of sp³-hybridized carbons (Fsp3) is 1.00. The molecule has 0 spiro atoms. The molecular formula is C13H26N2O. The molecule has 3 heteroatoms. The Kier molecular flexibility index (Phi) is 4.22. The third kappa shape index (κ3) is 2.41. The summed E-state index contributed by atoms with van der Waals surface area (Å²) in [5, 5.41) is 10.00. The minimum absolute atomic E-state index is 0.104. The quantitative estimate of drug-likeness (QED) is 0.764. The van der Waals surface area contributed by atoms with Gasteiger partial charge in [-0.3, -0.25) is 4.90 Å². The number of hydrogen-bond donors (Lipinski definition) is 2. The first-order chi connectivity index (χ1) is 7.76. The number of aliphatic hydroxyl groups is 1. The zero-order chi connectivity index (χ0) is 11.5. The number of nitrogens with two attached hydrogens (primary N) is 1. The fourth-order valence-corrected chi connectivity index (χ4v) is 3.50. The van der Waals surface area contributed by atoms with Gasteiger partial charge in [-0.05, 0) is 44.6 Å². The van der Waals surface area contributed by atoms with Gasteiger partial charge in [0.2, 0.25) is 0 Å². The lowest BCUT2D eigenvalue weighted by Gasteiger charge is -2.43. The molecule has 0 aromatic carbocycles. The Morgan fingerprint density at radius 1 is 1.31 bits per heavy atom. The number of hydrogen-bond acceptors (Lipinski definition) is 3. The SMILES string of the molecule is CCC1CCN(C2CCCC2O)C(CN)C1. The molecule has 4 atom stereocenters. The zero-order valence-electron chi connectivity index (χ0n) is 10.4. The van der Waals surface area contributed by atoms with Crippen LogP contribution in [0, 0.1) is 5.92 Å². The van der Waals surface area contributed by atoms with E-state index in [2.05, 4.69) is 11.8 Å². The van der Waals surface area contributed by atoms with Crippen LogP contribution in [0.25, 0.3) is 0 Å². The van der Waals surface area contributed by atoms with Gasteiger partial charge in [0, 0.05) is 18.6 Å². The topological polar surface area (TPSA) is 49.5 Å². The Balaban J connectivity index is 1.98. The lowest BCUT2D eigenvalue weighted by molar-refractivity contribution is 0.0135. The van der Waals surface area contributed by atoms with Crippen LogP contribution in [0.5, 0.6) is 0 Å². The molecule has 0 aromatic rings. The maximum atomic E-state index is 10.00. The summed E-state index contributed by atoms with van der Waals surface area (Å²) in [5.74, 6) is 0.850. The van der Waals surface area contributed by atoms with Crippen LogP contribution in [0.4, 0.5) is 0 Å². The standard InChI is InChI=1S/C13H26N2O/c1-2-10-6-7-15(11(8-10)9-14)12-4-3-5-13(12)16/h10-13,16H,2-9,14H2,1H3. The molecule has 4 unspecified atom stereocenters. The first kappa shape index (κ1) is 12.3. The van der Waals surface area contributed by atoms with E-state index < -0.39 is 0 Å². The normalized spacial score (nSPS) is 41.4. The van der Waals surface area contributed by atoms with Crippen LogP contribution in [0.3, 0.4) is 0 Å². The second-order valence-corrected chi connectivity index (χ2v) is 5.49. The number of likely N-dealkylation sites (tertiary alicyclic amines) is 1. The predicted molar refractivity (Wildman–Crippen MR) is 66.2 cm³/mol. The van der Waals surface area contributed by atoms with Crippen LogP contribution in [0.1, 0.15) is 45.4 Å². The molecule has 2 rings (SSSR count). The van der Waals surface area contributed by atoms with Crippen LogP contribution in [-0.4, -0.2) is 41.3 Å². The maximum Gasteiger partial charge on any atom is 0.0695 e. The first-order valence-corrected chi connectivity index (χ1v) is 6.90. The molecule has 3 nitrogen and oxygen atoms in total. The van der Waals surface area contributed by atoms with Crippen LogP contribution >= 0.6 is 0 Å². The van der Waals surface area contributed by atoms with Crippen LogP contribution in [0.15, 0.2) is 0 Å². The fourth-order valence-electron chi connectivity index (χ4n) is 3.50. The van der Waals surface area contributed by atoms with Crippen molar-refractivity contribution >= 4 is 0 Å². The van der Waals surface area contributed by atoms with Crippen molar-refractivity contribution in [3.63, 3.8) is 0 Å². The van der Waals surface area contributed by atoms with E-state index in [0.29, 0.717) is 12.1 Å². The average molecular weight is 226 g/mol. The van der Waals surface area contributed by atoms with E-state index in [1.807, 2.05) is 0 Å². The molecule has 1 aliphatic carbocycles. The van der Waals surface area contributed by atoms with Crippen molar-refractivity contribution in [2.45, 2.75) is 63.6 Å². The molecule has 1 heterocycles. The number of aliphatic hydroxyl groups excluding tert-OH is 1. The summed E-state index contributed by atoms with van der Waals surface area (Å²) in [6, 6.07) is 0.905. The summed E-state index contributed by atoms with van der Waals surface area (Å²) in [6.07, 6.45) is 7.01. The van der Waals surface area contributed by atoms with E-state index in [0.717, 1.165) is 31.8 Å². The van der Waals surface area contributed by atoms with Gasteiger partial charge in [0.1, 0.15) is 0 Å². The van der Waals surface area contributed by atoms with Gasteiger partial charge in [-0.25, -0.2) is 0 Å². The van der Waals surface area contributed by atoms with Gasteiger partial charge in [-0.1, -0.05) is 13.3 Å². The van der Waals surface area contributed by atoms with Crippen molar-refractivity contribution in [1.29, 1.82) is 0 Å². The van der Waals surface area contributed by atoms with Crippen molar-refractivity contribution < 1.29 is 5.11 Å². The molecule has 0 bridgehead atoms. The lowest BCUT2D eigenvalue weighted by Crippen LogP contribution is -2.53. The average Bonchev–Trinajstić information content (AvgIpc) is 2.74. The Bertz CT molecular complexity index is 222. The van der Waals surface area contributed by atoms with E-state index in [9.17, 15) is 5.11 Å². The molecule has 2 fully saturated rings. The molecule has 0 amide bonds. The Morgan fingerprint density at radius 2 is 2.12 bits per heavy atom. The molecular weight excluding hydrogens is 200 g/mol. The summed E-state index contributed by atoms with van der Waals surface area (Å²) in [7, 11) is 0. The maximum absolute atomic E-state index is 10.00.